The molecular weight excluding hydrogens is 286 g/mol. The minimum atomic E-state index is -0.716. The third-order valence-electron chi connectivity index (χ3n) is 4.96. The molecule has 1 fully saturated rings. The summed E-state index contributed by atoms with van der Waals surface area (Å²) in [5, 5.41) is 12.4. The zero-order valence-electron chi connectivity index (χ0n) is 13.6. The number of carboxylic acids is 1. The van der Waals surface area contributed by atoms with Crippen LogP contribution in [0.3, 0.4) is 0 Å². The molecule has 0 spiro atoms. The lowest BCUT2D eigenvalue weighted by Crippen LogP contribution is -2.52. The van der Waals surface area contributed by atoms with Crippen molar-refractivity contribution in [3.63, 3.8) is 0 Å². The summed E-state index contributed by atoms with van der Waals surface area (Å²) in [5.41, 5.74) is -0.294. The van der Waals surface area contributed by atoms with Crippen molar-refractivity contribution >= 4 is 23.6 Å². The van der Waals surface area contributed by atoms with Gasteiger partial charge in [-0.1, -0.05) is 34.1 Å². The van der Waals surface area contributed by atoms with E-state index >= 15 is 0 Å². The van der Waals surface area contributed by atoms with Gasteiger partial charge in [0, 0.05) is 6.04 Å². The van der Waals surface area contributed by atoms with E-state index < -0.39 is 5.97 Å². The lowest BCUT2D eigenvalue weighted by atomic mass is 9.61. The number of aliphatic carboxylic acids is 1. The second-order valence-corrected chi connectivity index (χ2v) is 7.76. The standard InChI is InChI=1S/C16H29NO3S/c1-5-6-9-21-10-14(18)17-13-8-7-12(15(19)20)16(3,4)11(13)2/h11-13H,5-10H2,1-4H3,(H,17,18)(H,19,20). The molecule has 0 radical (unpaired) electrons. The number of carbonyl (C=O) groups excluding carboxylic acids is 1. The predicted octanol–water partition coefficient (Wildman–Crippen LogP) is 3.16. The van der Waals surface area contributed by atoms with Crippen LogP contribution in [-0.4, -0.2) is 34.5 Å². The summed E-state index contributed by atoms with van der Waals surface area (Å²) < 4.78 is 0. The summed E-state index contributed by atoms with van der Waals surface area (Å²) in [5.74, 6) is 0.740. The van der Waals surface area contributed by atoms with Crippen molar-refractivity contribution in [2.45, 2.75) is 59.4 Å². The summed E-state index contributed by atoms with van der Waals surface area (Å²) in [4.78, 5) is 23.4. The smallest absolute Gasteiger partial charge is 0.307 e. The van der Waals surface area contributed by atoms with Crippen molar-refractivity contribution in [1.82, 2.24) is 5.32 Å². The number of amides is 1. The third kappa shape index (κ3) is 4.90. The van der Waals surface area contributed by atoms with Gasteiger partial charge >= 0.3 is 5.97 Å². The molecule has 0 bridgehead atoms. The SMILES string of the molecule is CCCCSCC(=O)NC1CCC(C(=O)O)C(C)(C)C1C. The fraction of sp³-hybridized carbons (Fsp3) is 0.875. The third-order valence-corrected chi connectivity index (χ3v) is 6.01. The largest absolute Gasteiger partial charge is 0.481 e. The molecule has 1 rings (SSSR count). The molecule has 1 saturated carbocycles. The molecule has 0 saturated heterocycles. The number of carboxylic acid groups (broad SMARTS) is 1. The maximum atomic E-state index is 12.0. The van der Waals surface area contributed by atoms with E-state index in [2.05, 4.69) is 19.2 Å². The molecule has 21 heavy (non-hydrogen) atoms. The Morgan fingerprint density at radius 1 is 1.33 bits per heavy atom. The van der Waals surface area contributed by atoms with Crippen molar-refractivity contribution in [3.8, 4) is 0 Å². The molecule has 0 aromatic rings. The molecule has 122 valence electrons. The summed E-state index contributed by atoms with van der Waals surface area (Å²) in [6.45, 7) is 8.21. The molecule has 2 N–H and O–H groups in total. The van der Waals surface area contributed by atoms with Crippen LogP contribution in [0.15, 0.2) is 0 Å². The zero-order valence-corrected chi connectivity index (χ0v) is 14.5. The molecule has 1 aliphatic carbocycles. The van der Waals surface area contributed by atoms with Crippen LogP contribution in [0, 0.1) is 17.3 Å². The molecule has 4 nitrogen and oxygen atoms in total. The molecule has 1 amide bonds. The van der Waals surface area contributed by atoms with E-state index in [-0.39, 0.29) is 29.2 Å². The Kier molecular flexibility index (Phi) is 7.04. The Balaban J connectivity index is 2.50. The van der Waals surface area contributed by atoms with Gasteiger partial charge < -0.3 is 10.4 Å². The van der Waals surface area contributed by atoms with Gasteiger partial charge in [0.25, 0.3) is 0 Å². The number of unbranched alkanes of at least 4 members (excludes halogenated alkanes) is 1. The fourth-order valence-electron chi connectivity index (χ4n) is 3.10. The van der Waals surface area contributed by atoms with Gasteiger partial charge in [0.1, 0.15) is 0 Å². The normalized spacial score (nSPS) is 28.1. The lowest BCUT2D eigenvalue weighted by molar-refractivity contribution is -0.150. The summed E-state index contributed by atoms with van der Waals surface area (Å²) >= 11 is 1.67. The van der Waals surface area contributed by atoms with Crippen LogP contribution in [0.5, 0.6) is 0 Å². The van der Waals surface area contributed by atoms with E-state index in [1.807, 2.05) is 13.8 Å². The Hall–Kier alpha value is -0.710. The monoisotopic (exact) mass is 315 g/mol. The van der Waals surface area contributed by atoms with Crippen molar-refractivity contribution in [2.75, 3.05) is 11.5 Å². The van der Waals surface area contributed by atoms with Crippen LogP contribution in [0.2, 0.25) is 0 Å². The highest BCUT2D eigenvalue weighted by molar-refractivity contribution is 7.99. The Labute approximate surface area is 132 Å². The Morgan fingerprint density at radius 3 is 2.57 bits per heavy atom. The van der Waals surface area contributed by atoms with E-state index in [0.717, 1.165) is 25.0 Å². The number of hydrogen-bond donors (Lipinski definition) is 2. The van der Waals surface area contributed by atoms with Gasteiger partial charge in [0.2, 0.25) is 5.91 Å². The van der Waals surface area contributed by atoms with Gasteiger partial charge in [0.15, 0.2) is 0 Å². The molecular formula is C16H29NO3S. The van der Waals surface area contributed by atoms with E-state index in [4.69, 9.17) is 0 Å². The van der Waals surface area contributed by atoms with E-state index in [9.17, 15) is 14.7 Å². The van der Waals surface area contributed by atoms with Gasteiger partial charge in [0.05, 0.1) is 11.7 Å². The summed E-state index contributed by atoms with van der Waals surface area (Å²) in [6.07, 6.45) is 3.69. The van der Waals surface area contributed by atoms with Gasteiger partial charge in [-0.2, -0.15) is 11.8 Å². The minimum absolute atomic E-state index is 0.0810. The zero-order chi connectivity index (χ0) is 16.0. The van der Waals surface area contributed by atoms with Crippen molar-refractivity contribution < 1.29 is 14.7 Å². The first-order valence-electron chi connectivity index (χ1n) is 7.90. The predicted molar refractivity (Wildman–Crippen MR) is 87.5 cm³/mol. The first kappa shape index (κ1) is 18.3. The Bertz CT molecular complexity index is 371. The fourth-order valence-corrected chi connectivity index (χ4v) is 4.01. The van der Waals surface area contributed by atoms with Gasteiger partial charge in [-0.05, 0) is 36.3 Å². The molecule has 3 unspecified atom stereocenters. The van der Waals surface area contributed by atoms with Crippen LogP contribution in [-0.2, 0) is 9.59 Å². The van der Waals surface area contributed by atoms with Crippen LogP contribution in [0.25, 0.3) is 0 Å². The maximum absolute atomic E-state index is 12.0. The molecule has 0 aromatic carbocycles. The molecule has 0 aliphatic heterocycles. The van der Waals surface area contributed by atoms with E-state index in [0.29, 0.717) is 12.2 Å². The summed E-state index contributed by atoms with van der Waals surface area (Å²) in [6, 6.07) is 0.0925. The number of rotatable bonds is 7. The molecule has 0 aromatic heterocycles. The molecule has 1 aliphatic rings. The first-order valence-corrected chi connectivity index (χ1v) is 9.06. The highest BCUT2D eigenvalue weighted by Gasteiger charge is 2.46. The minimum Gasteiger partial charge on any atom is -0.481 e. The summed E-state index contributed by atoms with van der Waals surface area (Å²) in [7, 11) is 0. The van der Waals surface area contributed by atoms with Crippen LogP contribution in [0.1, 0.15) is 53.4 Å². The van der Waals surface area contributed by atoms with E-state index in [1.165, 1.54) is 0 Å². The first-order chi connectivity index (χ1) is 9.80. The van der Waals surface area contributed by atoms with E-state index in [1.54, 1.807) is 11.8 Å². The second-order valence-electron chi connectivity index (χ2n) is 6.66. The van der Waals surface area contributed by atoms with Crippen molar-refractivity contribution in [2.24, 2.45) is 17.3 Å². The Morgan fingerprint density at radius 2 is 2.00 bits per heavy atom. The van der Waals surface area contributed by atoms with Crippen molar-refractivity contribution in [1.29, 1.82) is 0 Å². The molecule has 5 heteroatoms. The molecule has 3 atom stereocenters. The second kappa shape index (κ2) is 8.06. The highest BCUT2D eigenvalue weighted by atomic mass is 32.2. The van der Waals surface area contributed by atoms with Crippen LogP contribution in [0.4, 0.5) is 0 Å². The van der Waals surface area contributed by atoms with Crippen LogP contribution >= 0.6 is 11.8 Å². The number of hydrogen-bond acceptors (Lipinski definition) is 3. The van der Waals surface area contributed by atoms with Crippen molar-refractivity contribution in [3.05, 3.63) is 0 Å². The topological polar surface area (TPSA) is 66.4 Å². The highest BCUT2D eigenvalue weighted by Crippen LogP contribution is 2.45. The number of thioether (sulfide) groups is 1. The average molecular weight is 315 g/mol. The van der Waals surface area contributed by atoms with Gasteiger partial charge in [-0.3, -0.25) is 9.59 Å². The van der Waals surface area contributed by atoms with Gasteiger partial charge in [-0.15, -0.1) is 0 Å². The quantitative estimate of drug-likeness (QED) is 0.708. The number of nitrogens with one attached hydrogen (secondary N) is 1. The lowest BCUT2D eigenvalue weighted by Gasteiger charge is -2.46. The van der Waals surface area contributed by atoms with Gasteiger partial charge in [-0.25, -0.2) is 0 Å². The number of carbonyl (C=O) groups is 2. The van der Waals surface area contributed by atoms with Crippen LogP contribution < -0.4 is 5.32 Å². The average Bonchev–Trinajstić information content (AvgIpc) is 2.40. The molecule has 0 heterocycles. The maximum Gasteiger partial charge on any atom is 0.307 e.